The number of hydrogen-bond donors (Lipinski definition) is 1. The van der Waals surface area contributed by atoms with E-state index < -0.39 is 11.6 Å². The zero-order chi connectivity index (χ0) is 21.5. The van der Waals surface area contributed by atoms with E-state index in [1.807, 2.05) is 4.90 Å². The topological polar surface area (TPSA) is 94.4 Å². The highest BCUT2D eigenvalue weighted by molar-refractivity contribution is 5.95. The second-order valence-corrected chi connectivity index (χ2v) is 7.37. The minimum atomic E-state index is -0.474. The molecule has 0 radical (unpaired) electrons. The molecule has 160 valence electrons. The number of amides is 1. The highest BCUT2D eigenvalue weighted by Crippen LogP contribution is 2.37. The van der Waals surface area contributed by atoms with Crippen LogP contribution < -0.4 is 19.7 Å². The van der Waals surface area contributed by atoms with Gasteiger partial charge < -0.3 is 19.7 Å². The van der Waals surface area contributed by atoms with Crippen molar-refractivity contribution in [1.29, 1.82) is 0 Å². The van der Waals surface area contributed by atoms with E-state index in [9.17, 15) is 13.6 Å². The Morgan fingerprint density at radius 1 is 1.19 bits per heavy atom. The standard InChI is InChI=1S/C20H18F2N6O3/c1-11-24-26-28(25-11)8-14-9-30-19-5-13(21)2-3-17(19)27(14)7-12-4-16-18(6-15(12)22)31-10-20(29)23-16/h2-6,14H,7-10H2,1H3,(H,23,29)/t14-/m1/s1. The molecular formula is C20H18F2N6O3. The van der Waals surface area contributed by atoms with Crippen LogP contribution in [0.1, 0.15) is 11.4 Å². The fourth-order valence-corrected chi connectivity index (χ4v) is 3.72. The van der Waals surface area contributed by atoms with E-state index in [0.717, 1.165) is 0 Å². The lowest BCUT2D eigenvalue weighted by Gasteiger charge is -2.38. The van der Waals surface area contributed by atoms with E-state index in [1.165, 1.54) is 23.0 Å². The highest BCUT2D eigenvalue weighted by atomic mass is 19.1. The molecule has 1 atom stereocenters. The summed E-state index contributed by atoms with van der Waals surface area (Å²) in [6, 6.07) is 6.76. The molecule has 0 unspecified atom stereocenters. The van der Waals surface area contributed by atoms with Crippen LogP contribution in [0, 0.1) is 18.6 Å². The summed E-state index contributed by atoms with van der Waals surface area (Å²) in [6.07, 6.45) is 0. The second kappa shape index (κ2) is 7.49. The molecule has 2 aliphatic heterocycles. The molecule has 1 amide bonds. The number of aryl methyl sites for hydroxylation is 1. The third-order valence-corrected chi connectivity index (χ3v) is 5.15. The molecule has 0 saturated carbocycles. The van der Waals surface area contributed by atoms with E-state index in [1.54, 1.807) is 19.1 Å². The van der Waals surface area contributed by atoms with Gasteiger partial charge in [-0.15, -0.1) is 10.2 Å². The number of nitrogens with one attached hydrogen (secondary N) is 1. The van der Waals surface area contributed by atoms with Crippen LogP contribution >= 0.6 is 0 Å². The number of hydrogen-bond acceptors (Lipinski definition) is 7. The zero-order valence-corrected chi connectivity index (χ0v) is 16.5. The maximum atomic E-state index is 14.9. The maximum absolute atomic E-state index is 14.9. The predicted octanol–water partition coefficient (Wildman–Crippen LogP) is 2.06. The Hall–Kier alpha value is -3.76. The van der Waals surface area contributed by atoms with Crippen LogP contribution in [-0.2, 0) is 17.9 Å². The smallest absolute Gasteiger partial charge is 0.262 e. The van der Waals surface area contributed by atoms with Crippen LogP contribution in [0.4, 0.5) is 20.2 Å². The lowest BCUT2D eigenvalue weighted by molar-refractivity contribution is -0.118. The van der Waals surface area contributed by atoms with Crippen molar-refractivity contribution >= 4 is 17.3 Å². The predicted molar refractivity (Wildman–Crippen MR) is 105 cm³/mol. The Balaban J connectivity index is 1.50. The van der Waals surface area contributed by atoms with Crippen LogP contribution in [-0.4, -0.2) is 45.4 Å². The summed E-state index contributed by atoms with van der Waals surface area (Å²) in [5.41, 5.74) is 1.37. The Labute approximate surface area is 175 Å². The van der Waals surface area contributed by atoms with Gasteiger partial charge >= 0.3 is 0 Å². The first-order chi connectivity index (χ1) is 15.0. The monoisotopic (exact) mass is 428 g/mol. The van der Waals surface area contributed by atoms with Crippen LogP contribution in [0.5, 0.6) is 11.5 Å². The van der Waals surface area contributed by atoms with E-state index in [-0.39, 0.29) is 37.5 Å². The number of rotatable bonds is 4. The van der Waals surface area contributed by atoms with Crippen molar-refractivity contribution < 1.29 is 23.0 Å². The molecule has 0 fully saturated rings. The summed E-state index contributed by atoms with van der Waals surface area (Å²) in [5.74, 6) is -0.0211. The van der Waals surface area contributed by atoms with Crippen LogP contribution in [0.15, 0.2) is 30.3 Å². The first kappa shape index (κ1) is 19.2. The van der Waals surface area contributed by atoms with Crippen molar-refractivity contribution in [1.82, 2.24) is 20.2 Å². The molecule has 2 aromatic carbocycles. The molecule has 3 heterocycles. The van der Waals surface area contributed by atoms with Gasteiger partial charge in [-0.05, 0) is 30.3 Å². The number of nitrogens with zero attached hydrogens (tertiary/aromatic N) is 5. The van der Waals surface area contributed by atoms with Crippen molar-refractivity contribution in [2.75, 3.05) is 23.4 Å². The molecule has 0 spiro atoms. The van der Waals surface area contributed by atoms with Gasteiger partial charge in [0, 0.05) is 24.2 Å². The lowest BCUT2D eigenvalue weighted by atomic mass is 10.1. The first-order valence-corrected chi connectivity index (χ1v) is 9.65. The summed E-state index contributed by atoms with van der Waals surface area (Å²) in [5, 5.41) is 14.8. The molecular weight excluding hydrogens is 410 g/mol. The number of anilines is 2. The van der Waals surface area contributed by atoms with Crippen molar-refractivity contribution in [3.8, 4) is 11.5 Å². The van der Waals surface area contributed by atoms with E-state index in [2.05, 4.69) is 20.7 Å². The number of tetrazole rings is 1. The number of halogens is 2. The Morgan fingerprint density at radius 2 is 2.06 bits per heavy atom. The number of benzene rings is 2. The number of aromatic nitrogens is 4. The lowest BCUT2D eigenvalue weighted by Crippen LogP contribution is -2.45. The molecule has 2 aliphatic rings. The Bertz CT molecular complexity index is 1170. The van der Waals surface area contributed by atoms with E-state index in [0.29, 0.717) is 35.1 Å². The molecule has 0 aliphatic carbocycles. The molecule has 1 N–H and O–H groups in total. The SMILES string of the molecule is Cc1nnn(C[C@@H]2COc3cc(F)ccc3N2Cc2cc3c(cc2F)OCC(=O)N3)n1. The van der Waals surface area contributed by atoms with Crippen LogP contribution in [0.25, 0.3) is 0 Å². The summed E-state index contributed by atoms with van der Waals surface area (Å²) < 4.78 is 39.7. The molecule has 0 saturated heterocycles. The van der Waals surface area contributed by atoms with Crippen molar-refractivity contribution in [2.45, 2.75) is 26.1 Å². The van der Waals surface area contributed by atoms with Gasteiger partial charge in [0.1, 0.15) is 29.7 Å². The average molecular weight is 428 g/mol. The Morgan fingerprint density at radius 3 is 2.87 bits per heavy atom. The number of fused-ring (bicyclic) bond motifs is 2. The number of carbonyl (C=O) groups excluding carboxylic acids is 1. The highest BCUT2D eigenvalue weighted by Gasteiger charge is 2.30. The molecule has 31 heavy (non-hydrogen) atoms. The number of carbonyl (C=O) groups is 1. The largest absolute Gasteiger partial charge is 0.489 e. The van der Waals surface area contributed by atoms with Gasteiger partial charge in [0.05, 0.1) is 24.0 Å². The maximum Gasteiger partial charge on any atom is 0.262 e. The molecule has 9 nitrogen and oxygen atoms in total. The molecule has 0 bridgehead atoms. The summed E-state index contributed by atoms with van der Waals surface area (Å²) in [6.45, 7) is 2.29. The summed E-state index contributed by atoms with van der Waals surface area (Å²) >= 11 is 0. The fourth-order valence-electron chi connectivity index (χ4n) is 3.72. The van der Waals surface area contributed by atoms with Gasteiger partial charge in [0.2, 0.25) is 0 Å². The van der Waals surface area contributed by atoms with Gasteiger partial charge in [-0.25, -0.2) is 8.78 Å². The van der Waals surface area contributed by atoms with Crippen molar-refractivity contribution in [3.63, 3.8) is 0 Å². The number of ether oxygens (including phenoxy) is 2. The van der Waals surface area contributed by atoms with Gasteiger partial charge in [0.25, 0.3) is 5.91 Å². The second-order valence-electron chi connectivity index (χ2n) is 7.37. The Kier molecular flexibility index (Phi) is 4.64. The van der Waals surface area contributed by atoms with Crippen molar-refractivity contribution in [3.05, 3.63) is 53.4 Å². The van der Waals surface area contributed by atoms with Crippen LogP contribution in [0.3, 0.4) is 0 Å². The van der Waals surface area contributed by atoms with Gasteiger partial charge in [0.15, 0.2) is 12.4 Å². The minimum absolute atomic E-state index is 0.148. The molecule has 5 rings (SSSR count). The minimum Gasteiger partial charge on any atom is -0.489 e. The third-order valence-electron chi connectivity index (χ3n) is 5.15. The first-order valence-electron chi connectivity index (χ1n) is 9.65. The molecule has 11 heteroatoms. The summed E-state index contributed by atoms with van der Waals surface area (Å²) in [4.78, 5) is 15.0. The zero-order valence-electron chi connectivity index (χ0n) is 16.5. The van der Waals surface area contributed by atoms with Gasteiger partial charge in [-0.1, -0.05) is 0 Å². The molecule has 1 aromatic heterocycles. The van der Waals surface area contributed by atoms with Crippen LogP contribution in [0.2, 0.25) is 0 Å². The summed E-state index contributed by atoms with van der Waals surface area (Å²) in [7, 11) is 0. The quantitative estimate of drug-likeness (QED) is 0.680. The van der Waals surface area contributed by atoms with E-state index >= 15 is 0 Å². The van der Waals surface area contributed by atoms with E-state index in [4.69, 9.17) is 9.47 Å². The van der Waals surface area contributed by atoms with Crippen molar-refractivity contribution in [2.24, 2.45) is 0 Å². The van der Waals surface area contributed by atoms with Gasteiger partial charge in [-0.2, -0.15) is 4.80 Å². The third kappa shape index (κ3) is 3.74. The fraction of sp³-hybridized carbons (Fsp3) is 0.300. The molecule has 3 aromatic rings. The average Bonchev–Trinajstić information content (AvgIpc) is 3.15. The van der Waals surface area contributed by atoms with Gasteiger partial charge in [-0.3, -0.25) is 4.79 Å². The normalized spacial score (nSPS) is 17.3.